The number of halogens is 2. The second-order valence-electron chi connectivity index (χ2n) is 4.59. The molecule has 1 heterocycles. The van der Waals surface area contributed by atoms with Crippen LogP contribution in [0.4, 0.5) is 0 Å². The Morgan fingerprint density at radius 2 is 2.06 bits per heavy atom. The van der Waals surface area contributed by atoms with Crippen molar-refractivity contribution >= 4 is 53.3 Å². The largest absolute Gasteiger partial charge is 0.142 e. The van der Waals surface area contributed by atoms with Gasteiger partial charge in [0.2, 0.25) is 0 Å². The fraction of sp³-hybridized carbons (Fsp3) is 0.385. The van der Waals surface area contributed by atoms with Crippen LogP contribution < -0.4 is 0 Å². The van der Waals surface area contributed by atoms with Gasteiger partial charge in [0.05, 0.1) is 0 Å². The molecule has 0 aliphatic heterocycles. The van der Waals surface area contributed by atoms with Crippen LogP contribution in [0.3, 0.4) is 0 Å². The summed E-state index contributed by atoms with van der Waals surface area (Å²) in [5.41, 5.74) is 1.70. The summed E-state index contributed by atoms with van der Waals surface area (Å²) in [6, 6.07) is 6.45. The van der Waals surface area contributed by atoms with E-state index in [4.69, 9.17) is 0 Å². The molecule has 0 saturated heterocycles. The quantitative estimate of drug-likeness (QED) is 0.612. The Kier molecular flexibility index (Phi) is 3.77. The van der Waals surface area contributed by atoms with Crippen LogP contribution in [0.5, 0.6) is 0 Å². The highest BCUT2D eigenvalue weighted by Crippen LogP contribution is 2.39. The minimum atomic E-state index is 0.239. The van der Waals surface area contributed by atoms with Gasteiger partial charge in [0.25, 0.3) is 0 Å². The van der Waals surface area contributed by atoms with Crippen molar-refractivity contribution in [1.29, 1.82) is 0 Å². The lowest BCUT2D eigenvalue weighted by atomic mass is 9.82. The maximum absolute atomic E-state index is 3.62. The van der Waals surface area contributed by atoms with Gasteiger partial charge in [0.15, 0.2) is 0 Å². The first kappa shape index (κ1) is 12.6. The maximum Gasteiger partial charge on any atom is 0.0487 e. The van der Waals surface area contributed by atoms with E-state index in [2.05, 4.69) is 69.3 Å². The minimum absolute atomic E-state index is 0.239. The molecule has 2 aromatic rings. The number of rotatable bonds is 3. The number of fused-ring (bicyclic) bond motifs is 1. The Bertz CT molecular complexity index is 500. The molecular weight excluding hydrogens is 348 g/mol. The number of thiophene rings is 1. The van der Waals surface area contributed by atoms with Gasteiger partial charge in [-0.25, -0.2) is 0 Å². The van der Waals surface area contributed by atoms with E-state index in [9.17, 15) is 0 Å². The lowest BCUT2D eigenvalue weighted by Crippen LogP contribution is -2.16. The summed E-state index contributed by atoms with van der Waals surface area (Å²) in [5.74, 6) is 0. The standard InChI is InChI=1S/C13H14Br2S/c1-13(2,6-7-14)10-8-16-12-9(10)4-3-5-11(12)15/h3-5,8H,6-7H2,1-2H3. The molecule has 0 spiro atoms. The van der Waals surface area contributed by atoms with Gasteiger partial charge < -0.3 is 0 Å². The fourth-order valence-electron chi connectivity index (χ4n) is 1.92. The summed E-state index contributed by atoms with van der Waals surface area (Å²) in [5, 5.41) is 4.74. The summed E-state index contributed by atoms with van der Waals surface area (Å²) in [7, 11) is 0. The molecular formula is C13H14Br2S. The second kappa shape index (κ2) is 4.79. The second-order valence-corrected chi connectivity index (χ2v) is 7.12. The average molecular weight is 362 g/mol. The molecule has 0 aliphatic carbocycles. The van der Waals surface area contributed by atoms with Gasteiger partial charge in [-0.1, -0.05) is 41.9 Å². The van der Waals surface area contributed by atoms with Crippen molar-refractivity contribution < 1.29 is 0 Å². The molecule has 3 heteroatoms. The van der Waals surface area contributed by atoms with Crippen LogP contribution in [0.2, 0.25) is 0 Å². The highest BCUT2D eigenvalue weighted by molar-refractivity contribution is 9.10. The molecule has 16 heavy (non-hydrogen) atoms. The molecule has 0 fully saturated rings. The van der Waals surface area contributed by atoms with Gasteiger partial charge in [-0.15, -0.1) is 11.3 Å². The van der Waals surface area contributed by atoms with E-state index < -0.39 is 0 Å². The third-order valence-corrected chi connectivity index (χ3v) is 5.35. The number of alkyl halides is 1. The van der Waals surface area contributed by atoms with E-state index in [1.165, 1.54) is 20.1 Å². The Balaban J connectivity index is 2.58. The Morgan fingerprint density at radius 1 is 1.31 bits per heavy atom. The van der Waals surface area contributed by atoms with E-state index >= 15 is 0 Å². The van der Waals surface area contributed by atoms with E-state index in [0.29, 0.717) is 0 Å². The van der Waals surface area contributed by atoms with Crippen LogP contribution in [-0.2, 0) is 5.41 Å². The van der Waals surface area contributed by atoms with Crippen LogP contribution in [0.1, 0.15) is 25.8 Å². The molecule has 0 nitrogen and oxygen atoms in total. The third kappa shape index (κ3) is 2.22. The molecule has 0 N–H and O–H groups in total. The summed E-state index contributed by atoms with van der Waals surface area (Å²) in [4.78, 5) is 0. The molecule has 0 radical (unpaired) electrons. The molecule has 0 unspecified atom stereocenters. The molecule has 0 saturated carbocycles. The minimum Gasteiger partial charge on any atom is -0.142 e. The smallest absolute Gasteiger partial charge is 0.0487 e. The third-order valence-electron chi connectivity index (χ3n) is 3.00. The topological polar surface area (TPSA) is 0 Å². The molecule has 1 aromatic heterocycles. The zero-order valence-corrected chi connectivity index (χ0v) is 13.4. The number of hydrogen-bond acceptors (Lipinski definition) is 1. The molecule has 86 valence electrons. The SMILES string of the molecule is CC(C)(CCBr)c1csc2c(Br)cccc12. The van der Waals surface area contributed by atoms with Crippen molar-refractivity contribution in [3.63, 3.8) is 0 Å². The van der Waals surface area contributed by atoms with Gasteiger partial charge in [-0.2, -0.15) is 0 Å². The molecule has 0 atom stereocenters. The molecule has 2 rings (SSSR count). The van der Waals surface area contributed by atoms with Crippen LogP contribution in [-0.4, -0.2) is 5.33 Å². The van der Waals surface area contributed by atoms with E-state index in [1.54, 1.807) is 0 Å². The monoisotopic (exact) mass is 360 g/mol. The summed E-state index contributed by atoms with van der Waals surface area (Å²) in [6.07, 6.45) is 1.16. The van der Waals surface area contributed by atoms with Crippen molar-refractivity contribution in [2.24, 2.45) is 0 Å². The van der Waals surface area contributed by atoms with Gasteiger partial charge in [0, 0.05) is 14.5 Å². The maximum atomic E-state index is 3.62. The number of hydrogen-bond donors (Lipinski definition) is 0. The van der Waals surface area contributed by atoms with Crippen molar-refractivity contribution in [1.82, 2.24) is 0 Å². The first-order valence-corrected chi connectivity index (χ1v) is 8.08. The summed E-state index contributed by atoms with van der Waals surface area (Å²) in [6.45, 7) is 4.63. The Morgan fingerprint density at radius 3 is 2.75 bits per heavy atom. The molecule has 0 amide bonds. The van der Waals surface area contributed by atoms with Crippen LogP contribution >= 0.6 is 43.2 Å². The molecule has 0 aliphatic rings. The molecule has 0 bridgehead atoms. The lowest BCUT2D eigenvalue weighted by Gasteiger charge is -2.23. The summed E-state index contributed by atoms with van der Waals surface area (Å²) < 4.78 is 2.57. The number of benzene rings is 1. The van der Waals surface area contributed by atoms with Crippen LogP contribution in [0, 0.1) is 0 Å². The van der Waals surface area contributed by atoms with Gasteiger partial charge >= 0.3 is 0 Å². The van der Waals surface area contributed by atoms with Gasteiger partial charge in [0.1, 0.15) is 0 Å². The van der Waals surface area contributed by atoms with Crippen LogP contribution in [0.15, 0.2) is 28.1 Å². The van der Waals surface area contributed by atoms with Gasteiger partial charge in [-0.05, 0) is 50.2 Å². The zero-order chi connectivity index (χ0) is 11.8. The van der Waals surface area contributed by atoms with E-state index in [-0.39, 0.29) is 5.41 Å². The highest BCUT2D eigenvalue weighted by atomic mass is 79.9. The average Bonchev–Trinajstić information content (AvgIpc) is 2.63. The first-order chi connectivity index (χ1) is 7.56. The van der Waals surface area contributed by atoms with Crippen LogP contribution in [0.25, 0.3) is 10.1 Å². The Hall–Kier alpha value is 0.140. The van der Waals surface area contributed by atoms with Gasteiger partial charge in [-0.3, -0.25) is 0 Å². The fourth-order valence-corrected chi connectivity index (χ4v) is 4.72. The van der Waals surface area contributed by atoms with Crippen molar-refractivity contribution in [3.05, 3.63) is 33.6 Å². The first-order valence-electron chi connectivity index (χ1n) is 5.28. The zero-order valence-electron chi connectivity index (χ0n) is 9.39. The summed E-state index contributed by atoms with van der Waals surface area (Å²) >= 11 is 8.99. The molecule has 1 aromatic carbocycles. The van der Waals surface area contributed by atoms with Crippen molar-refractivity contribution in [2.75, 3.05) is 5.33 Å². The lowest BCUT2D eigenvalue weighted by molar-refractivity contribution is 0.518. The predicted octanol–water partition coefficient (Wildman–Crippen LogP) is 5.73. The predicted molar refractivity (Wildman–Crippen MR) is 81.0 cm³/mol. The van der Waals surface area contributed by atoms with E-state index in [1.807, 2.05) is 11.3 Å². The van der Waals surface area contributed by atoms with E-state index in [0.717, 1.165) is 11.8 Å². The Labute approximate surface area is 117 Å². The highest BCUT2D eigenvalue weighted by Gasteiger charge is 2.23. The van der Waals surface area contributed by atoms with Crippen molar-refractivity contribution in [3.8, 4) is 0 Å². The van der Waals surface area contributed by atoms with Crippen molar-refractivity contribution in [2.45, 2.75) is 25.7 Å². The normalized spacial score (nSPS) is 12.2.